The van der Waals surface area contributed by atoms with Gasteiger partial charge in [-0.25, -0.2) is 4.39 Å². The van der Waals surface area contributed by atoms with Crippen molar-refractivity contribution in [2.45, 2.75) is 20.3 Å². The number of benzene rings is 2. The molecule has 0 saturated heterocycles. The summed E-state index contributed by atoms with van der Waals surface area (Å²) in [5.74, 6) is 0.512. The first kappa shape index (κ1) is 16.8. The summed E-state index contributed by atoms with van der Waals surface area (Å²) in [6.07, 6.45) is 0.887. The maximum Gasteiger partial charge on any atom is 0.255 e. The van der Waals surface area contributed by atoms with Crippen LogP contribution in [-0.4, -0.2) is 19.1 Å². The van der Waals surface area contributed by atoms with Crippen LogP contribution >= 0.6 is 0 Å². The van der Waals surface area contributed by atoms with Gasteiger partial charge in [-0.15, -0.1) is 0 Å². The molecular weight excluding hydrogens is 297 g/mol. The normalized spacial score (nSPS) is 10.2. The number of ether oxygens (including phenoxy) is 2. The van der Waals surface area contributed by atoms with Crippen LogP contribution in [0.3, 0.4) is 0 Å². The molecule has 0 saturated carbocycles. The summed E-state index contributed by atoms with van der Waals surface area (Å²) in [5, 5.41) is 2.72. The lowest BCUT2D eigenvalue weighted by molar-refractivity contribution is 0.102. The molecule has 0 atom stereocenters. The molecule has 1 amide bonds. The van der Waals surface area contributed by atoms with Crippen LogP contribution in [0.1, 0.15) is 30.6 Å². The number of carbonyl (C=O) groups is 1. The molecule has 0 aliphatic carbocycles. The van der Waals surface area contributed by atoms with E-state index >= 15 is 0 Å². The second-order valence-corrected chi connectivity index (χ2v) is 4.90. The highest BCUT2D eigenvalue weighted by atomic mass is 19.1. The summed E-state index contributed by atoms with van der Waals surface area (Å²) < 4.78 is 24.0. The highest BCUT2D eigenvalue weighted by Crippen LogP contribution is 2.29. The predicted molar refractivity (Wildman–Crippen MR) is 87.8 cm³/mol. The van der Waals surface area contributed by atoms with Gasteiger partial charge in [-0.3, -0.25) is 4.79 Å². The Balaban J connectivity index is 2.16. The lowest BCUT2D eigenvalue weighted by Gasteiger charge is -2.13. The van der Waals surface area contributed by atoms with Crippen LogP contribution in [-0.2, 0) is 0 Å². The van der Waals surface area contributed by atoms with Gasteiger partial charge >= 0.3 is 0 Å². The molecule has 0 aromatic heterocycles. The van der Waals surface area contributed by atoms with Crippen LogP contribution in [0.2, 0.25) is 0 Å². The topological polar surface area (TPSA) is 47.6 Å². The molecule has 0 spiro atoms. The van der Waals surface area contributed by atoms with Crippen molar-refractivity contribution in [1.82, 2.24) is 0 Å². The molecule has 4 nitrogen and oxygen atoms in total. The van der Waals surface area contributed by atoms with Gasteiger partial charge in [0.15, 0.2) is 11.5 Å². The summed E-state index contributed by atoms with van der Waals surface area (Å²) in [6.45, 7) is 4.95. The van der Waals surface area contributed by atoms with Crippen LogP contribution in [0.25, 0.3) is 0 Å². The Labute approximate surface area is 135 Å². The minimum Gasteiger partial charge on any atom is -0.490 e. The van der Waals surface area contributed by atoms with E-state index in [0.717, 1.165) is 6.42 Å². The lowest BCUT2D eigenvalue weighted by atomic mass is 10.1. The largest absolute Gasteiger partial charge is 0.490 e. The van der Waals surface area contributed by atoms with Gasteiger partial charge in [0.1, 0.15) is 5.82 Å². The molecule has 2 aromatic rings. The van der Waals surface area contributed by atoms with E-state index in [1.165, 1.54) is 24.3 Å². The monoisotopic (exact) mass is 317 g/mol. The van der Waals surface area contributed by atoms with Crippen molar-refractivity contribution < 1.29 is 18.7 Å². The van der Waals surface area contributed by atoms with Crippen molar-refractivity contribution in [2.75, 3.05) is 18.5 Å². The standard InChI is InChI=1S/C18H20FNO3/c1-3-11-23-16-10-5-13(12-17(16)22-4-2)18(21)20-15-8-6-14(19)7-9-15/h5-10,12H,3-4,11H2,1-2H3,(H,20,21). The zero-order valence-electron chi connectivity index (χ0n) is 13.3. The zero-order valence-corrected chi connectivity index (χ0v) is 13.3. The Morgan fingerprint density at radius 2 is 1.78 bits per heavy atom. The zero-order chi connectivity index (χ0) is 16.7. The van der Waals surface area contributed by atoms with Gasteiger partial charge in [-0.1, -0.05) is 6.92 Å². The number of rotatable bonds is 7. The Bertz CT molecular complexity index is 656. The van der Waals surface area contributed by atoms with Crippen LogP contribution in [0.4, 0.5) is 10.1 Å². The van der Waals surface area contributed by atoms with E-state index in [2.05, 4.69) is 5.32 Å². The fourth-order valence-corrected chi connectivity index (χ4v) is 1.99. The minimum atomic E-state index is -0.348. The number of nitrogens with one attached hydrogen (secondary N) is 1. The smallest absolute Gasteiger partial charge is 0.255 e. The molecule has 2 aromatic carbocycles. The second-order valence-electron chi connectivity index (χ2n) is 4.90. The predicted octanol–water partition coefficient (Wildman–Crippen LogP) is 4.27. The van der Waals surface area contributed by atoms with Crippen molar-refractivity contribution in [3.05, 3.63) is 53.8 Å². The van der Waals surface area contributed by atoms with Crippen LogP contribution in [0.5, 0.6) is 11.5 Å². The second kappa shape index (κ2) is 8.17. The first-order chi connectivity index (χ1) is 11.1. The van der Waals surface area contributed by atoms with Gasteiger partial charge in [-0.2, -0.15) is 0 Å². The summed E-state index contributed by atoms with van der Waals surface area (Å²) >= 11 is 0. The minimum absolute atomic E-state index is 0.292. The summed E-state index contributed by atoms with van der Waals surface area (Å²) in [5.41, 5.74) is 0.974. The molecular formula is C18H20FNO3. The Morgan fingerprint density at radius 1 is 1.04 bits per heavy atom. The molecule has 1 N–H and O–H groups in total. The summed E-state index contributed by atoms with van der Waals surface area (Å²) in [7, 11) is 0. The van der Waals surface area contributed by atoms with Crippen molar-refractivity contribution in [1.29, 1.82) is 0 Å². The molecule has 0 fully saturated rings. The average molecular weight is 317 g/mol. The molecule has 2 rings (SSSR count). The van der Waals surface area contributed by atoms with E-state index in [9.17, 15) is 9.18 Å². The van der Waals surface area contributed by atoms with Crippen LogP contribution in [0.15, 0.2) is 42.5 Å². The molecule has 0 aliphatic rings. The van der Waals surface area contributed by atoms with Gasteiger partial charge in [0.05, 0.1) is 13.2 Å². The maximum atomic E-state index is 12.9. The fraction of sp³-hybridized carbons (Fsp3) is 0.278. The molecule has 23 heavy (non-hydrogen) atoms. The van der Waals surface area contributed by atoms with E-state index in [1.54, 1.807) is 18.2 Å². The van der Waals surface area contributed by atoms with E-state index < -0.39 is 0 Å². The third-order valence-electron chi connectivity index (χ3n) is 3.07. The summed E-state index contributed by atoms with van der Waals surface area (Å²) in [6, 6.07) is 10.6. The molecule has 0 aliphatic heterocycles. The molecule has 0 radical (unpaired) electrons. The first-order valence-electron chi connectivity index (χ1n) is 7.60. The van der Waals surface area contributed by atoms with Gasteiger partial charge in [-0.05, 0) is 55.8 Å². The Hall–Kier alpha value is -2.56. The number of amides is 1. The highest BCUT2D eigenvalue weighted by molar-refractivity contribution is 6.04. The third-order valence-corrected chi connectivity index (χ3v) is 3.07. The van der Waals surface area contributed by atoms with Gasteiger partial charge < -0.3 is 14.8 Å². The van der Waals surface area contributed by atoms with E-state index in [4.69, 9.17) is 9.47 Å². The van der Waals surface area contributed by atoms with Crippen molar-refractivity contribution in [3.8, 4) is 11.5 Å². The van der Waals surface area contributed by atoms with Gasteiger partial charge in [0.25, 0.3) is 5.91 Å². The van der Waals surface area contributed by atoms with Gasteiger partial charge in [0, 0.05) is 11.3 Å². The maximum absolute atomic E-state index is 12.9. The molecule has 0 unspecified atom stereocenters. The molecule has 0 heterocycles. The SMILES string of the molecule is CCCOc1ccc(C(=O)Nc2ccc(F)cc2)cc1OCC. The van der Waals surface area contributed by atoms with Crippen LogP contribution in [0, 0.1) is 5.82 Å². The van der Waals surface area contributed by atoms with Gasteiger partial charge in [0.2, 0.25) is 0 Å². The quantitative estimate of drug-likeness (QED) is 0.830. The molecule has 0 bridgehead atoms. The Morgan fingerprint density at radius 3 is 2.43 bits per heavy atom. The average Bonchev–Trinajstić information content (AvgIpc) is 2.56. The van der Waals surface area contributed by atoms with Crippen molar-refractivity contribution in [3.63, 3.8) is 0 Å². The molecule has 122 valence electrons. The fourth-order valence-electron chi connectivity index (χ4n) is 1.99. The van der Waals surface area contributed by atoms with Crippen molar-refractivity contribution >= 4 is 11.6 Å². The third kappa shape index (κ3) is 4.71. The van der Waals surface area contributed by atoms with Crippen molar-refractivity contribution in [2.24, 2.45) is 0 Å². The molecule has 5 heteroatoms. The number of carbonyl (C=O) groups excluding carboxylic acids is 1. The lowest BCUT2D eigenvalue weighted by Crippen LogP contribution is -2.12. The number of anilines is 1. The summed E-state index contributed by atoms with van der Waals surface area (Å²) in [4.78, 5) is 12.3. The number of halogens is 1. The Kier molecular flexibility index (Phi) is 5.97. The highest BCUT2D eigenvalue weighted by Gasteiger charge is 2.12. The first-order valence-corrected chi connectivity index (χ1v) is 7.60. The van der Waals surface area contributed by atoms with E-state index in [-0.39, 0.29) is 11.7 Å². The van der Waals surface area contributed by atoms with Crippen LogP contribution < -0.4 is 14.8 Å². The van der Waals surface area contributed by atoms with E-state index in [0.29, 0.717) is 36.0 Å². The number of hydrogen-bond donors (Lipinski definition) is 1. The van der Waals surface area contributed by atoms with E-state index in [1.807, 2.05) is 13.8 Å². The number of hydrogen-bond acceptors (Lipinski definition) is 3.